The molecule has 0 aliphatic rings. The first kappa shape index (κ1) is 13.3. The van der Waals surface area contributed by atoms with Gasteiger partial charge in [0.05, 0.1) is 11.2 Å². The topological polar surface area (TPSA) is 68.3 Å². The van der Waals surface area contributed by atoms with Crippen LogP contribution in [0.1, 0.15) is 18.2 Å². The van der Waals surface area contributed by atoms with Crippen molar-refractivity contribution < 1.29 is 9.34 Å². The van der Waals surface area contributed by atoms with E-state index in [0.717, 1.165) is 12.2 Å². The van der Waals surface area contributed by atoms with Crippen LogP contribution in [0.25, 0.3) is 0 Å². The number of benzene rings is 1. The molecule has 0 aliphatic heterocycles. The predicted molar refractivity (Wildman–Crippen MR) is 71.8 cm³/mol. The Morgan fingerprint density at radius 1 is 1.32 bits per heavy atom. The maximum absolute atomic E-state index is 10.9. The first-order chi connectivity index (χ1) is 9.16. The number of hydrogen-bond acceptors (Lipinski definition) is 4. The van der Waals surface area contributed by atoms with Crippen LogP contribution >= 0.6 is 0 Å². The molecule has 2 aromatic rings. The molecule has 1 aromatic carbocycles. The lowest BCUT2D eigenvalue weighted by Crippen LogP contribution is -2.27. The Balaban J connectivity index is 1.93. The Bertz CT molecular complexity index is 537. The predicted octanol–water partition coefficient (Wildman–Crippen LogP) is 2.91. The highest BCUT2D eigenvalue weighted by Gasteiger charge is 2.13. The van der Waals surface area contributed by atoms with E-state index in [1.807, 2.05) is 19.1 Å². The van der Waals surface area contributed by atoms with Crippen LogP contribution in [-0.4, -0.2) is 11.0 Å². The third-order valence-corrected chi connectivity index (χ3v) is 2.92. The molecule has 1 atom stereocenters. The minimum absolute atomic E-state index is 0.153. The average molecular weight is 260 g/mol. The van der Waals surface area contributed by atoms with Crippen molar-refractivity contribution in [2.45, 2.75) is 25.9 Å². The summed E-state index contributed by atoms with van der Waals surface area (Å²) in [6.07, 6.45) is 2.40. The van der Waals surface area contributed by atoms with Gasteiger partial charge in [0.25, 0.3) is 5.69 Å². The molecule has 1 aromatic heterocycles. The highest BCUT2D eigenvalue weighted by molar-refractivity contribution is 5.39. The summed E-state index contributed by atoms with van der Waals surface area (Å²) in [7, 11) is 0. The van der Waals surface area contributed by atoms with E-state index in [1.165, 1.54) is 6.07 Å². The van der Waals surface area contributed by atoms with E-state index in [-0.39, 0.29) is 16.7 Å². The average Bonchev–Trinajstić information content (AvgIpc) is 2.89. The highest BCUT2D eigenvalue weighted by atomic mass is 16.6. The smallest absolute Gasteiger partial charge is 0.273 e. The van der Waals surface area contributed by atoms with E-state index in [1.54, 1.807) is 24.5 Å². The molecule has 0 fully saturated rings. The van der Waals surface area contributed by atoms with E-state index in [4.69, 9.17) is 4.42 Å². The first-order valence-corrected chi connectivity index (χ1v) is 6.15. The van der Waals surface area contributed by atoms with Crippen molar-refractivity contribution in [1.82, 2.24) is 5.32 Å². The minimum Gasteiger partial charge on any atom is -0.469 e. The molecule has 1 N–H and O–H groups in total. The fourth-order valence-electron chi connectivity index (χ4n) is 1.93. The van der Waals surface area contributed by atoms with Crippen LogP contribution in [-0.2, 0) is 13.0 Å². The molecule has 5 nitrogen and oxygen atoms in total. The lowest BCUT2D eigenvalue weighted by atomic mass is 10.1. The summed E-state index contributed by atoms with van der Waals surface area (Å²) in [4.78, 5) is 10.5. The van der Waals surface area contributed by atoms with Crippen LogP contribution in [0, 0.1) is 10.1 Å². The third-order valence-electron chi connectivity index (χ3n) is 2.92. The Hall–Kier alpha value is -2.14. The molecule has 1 heterocycles. The summed E-state index contributed by atoms with van der Waals surface area (Å²) in [6.45, 7) is 2.50. The van der Waals surface area contributed by atoms with Gasteiger partial charge in [0.15, 0.2) is 0 Å². The molecule has 0 bridgehead atoms. The van der Waals surface area contributed by atoms with E-state index in [9.17, 15) is 10.1 Å². The number of nitro benzene ring substituents is 1. The Kier molecular flexibility index (Phi) is 4.30. The minimum atomic E-state index is -0.353. The number of hydrogen-bond donors (Lipinski definition) is 1. The van der Waals surface area contributed by atoms with Gasteiger partial charge in [-0.1, -0.05) is 18.2 Å². The van der Waals surface area contributed by atoms with E-state index < -0.39 is 0 Å². The van der Waals surface area contributed by atoms with Crippen molar-refractivity contribution in [2.75, 3.05) is 0 Å². The van der Waals surface area contributed by atoms with Crippen LogP contribution in [0.4, 0.5) is 5.69 Å². The van der Waals surface area contributed by atoms with Crippen LogP contribution in [0.5, 0.6) is 0 Å². The zero-order chi connectivity index (χ0) is 13.7. The largest absolute Gasteiger partial charge is 0.469 e. The van der Waals surface area contributed by atoms with Crippen molar-refractivity contribution in [3.8, 4) is 0 Å². The molecule has 19 heavy (non-hydrogen) atoms. The van der Waals surface area contributed by atoms with Crippen molar-refractivity contribution in [3.05, 3.63) is 64.1 Å². The number of rotatable bonds is 6. The molecule has 1 unspecified atom stereocenters. The van der Waals surface area contributed by atoms with Crippen LogP contribution in [0.2, 0.25) is 0 Å². The normalized spacial score (nSPS) is 12.3. The van der Waals surface area contributed by atoms with E-state index >= 15 is 0 Å². The molecular weight excluding hydrogens is 244 g/mol. The number of nitrogens with one attached hydrogen (secondary N) is 1. The lowest BCUT2D eigenvalue weighted by Gasteiger charge is -2.12. The molecule has 2 rings (SSSR count). The van der Waals surface area contributed by atoms with E-state index in [0.29, 0.717) is 12.1 Å². The fourth-order valence-corrected chi connectivity index (χ4v) is 1.93. The Morgan fingerprint density at radius 3 is 2.79 bits per heavy atom. The second-order valence-electron chi connectivity index (χ2n) is 4.45. The van der Waals surface area contributed by atoms with Crippen LogP contribution in [0.15, 0.2) is 47.1 Å². The molecular formula is C14H16N2O3. The molecule has 0 spiro atoms. The quantitative estimate of drug-likeness (QED) is 0.640. The molecule has 5 heteroatoms. The number of nitro groups is 1. The van der Waals surface area contributed by atoms with Gasteiger partial charge < -0.3 is 9.73 Å². The van der Waals surface area contributed by atoms with Crippen molar-refractivity contribution >= 4 is 5.69 Å². The third kappa shape index (κ3) is 3.66. The Labute approximate surface area is 111 Å². The van der Waals surface area contributed by atoms with Crippen molar-refractivity contribution in [2.24, 2.45) is 0 Å². The zero-order valence-corrected chi connectivity index (χ0v) is 10.7. The van der Waals surface area contributed by atoms with Gasteiger partial charge in [0.1, 0.15) is 5.76 Å². The fraction of sp³-hybridized carbons (Fsp3) is 0.286. The van der Waals surface area contributed by atoms with Crippen LogP contribution < -0.4 is 5.32 Å². The summed E-state index contributed by atoms with van der Waals surface area (Å²) in [5.41, 5.74) is 0.846. The second kappa shape index (κ2) is 6.15. The monoisotopic (exact) mass is 260 g/mol. The lowest BCUT2D eigenvalue weighted by molar-refractivity contribution is -0.385. The molecule has 0 amide bonds. The summed E-state index contributed by atoms with van der Waals surface area (Å²) >= 11 is 0. The van der Waals surface area contributed by atoms with Gasteiger partial charge in [-0.15, -0.1) is 0 Å². The molecule has 0 aliphatic carbocycles. The molecule has 0 radical (unpaired) electrons. The highest BCUT2D eigenvalue weighted by Crippen LogP contribution is 2.17. The van der Waals surface area contributed by atoms with Gasteiger partial charge >= 0.3 is 0 Å². The van der Waals surface area contributed by atoms with E-state index in [2.05, 4.69) is 5.32 Å². The van der Waals surface area contributed by atoms with Gasteiger partial charge in [0.2, 0.25) is 0 Å². The summed E-state index contributed by atoms with van der Waals surface area (Å²) < 4.78 is 5.27. The summed E-state index contributed by atoms with van der Waals surface area (Å²) in [5.74, 6) is 0.905. The molecule has 100 valence electrons. The summed E-state index contributed by atoms with van der Waals surface area (Å²) in [6, 6.07) is 10.7. The number of para-hydroxylation sites is 1. The van der Waals surface area contributed by atoms with Crippen molar-refractivity contribution in [3.63, 3.8) is 0 Å². The Morgan fingerprint density at radius 2 is 2.11 bits per heavy atom. The molecule has 0 saturated heterocycles. The first-order valence-electron chi connectivity index (χ1n) is 6.15. The van der Waals surface area contributed by atoms with Gasteiger partial charge in [-0.3, -0.25) is 10.1 Å². The SMILES string of the molecule is CC(Cc1ccco1)NCc1ccccc1[N+](=O)[O-]. The molecule has 0 saturated carbocycles. The number of nitrogens with zero attached hydrogens (tertiary/aromatic N) is 1. The van der Waals surface area contributed by atoms with Gasteiger partial charge in [-0.25, -0.2) is 0 Å². The van der Waals surface area contributed by atoms with Crippen molar-refractivity contribution in [1.29, 1.82) is 0 Å². The maximum Gasteiger partial charge on any atom is 0.273 e. The van der Waals surface area contributed by atoms with Gasteiger partial charge in [-0.05, 0) is 19.1 Å². The van der Waals surface area contributed by atoms with Gasteiger partial charge in [0, 0.05) is 30.6 Å². The standard InChI is InChI=1S/C14H16N2O3/c1-11(9-13-6-4-8-19-13)15-10-12-5-2-3-7-14(12)16(17)18/h2-8,11,15H,9-10H2,1H3. The maximum atomic E-state index is 10.9. The zero-order valence-electron chi connectivity index (χ0n) is 10.7. The summed E-state index contributed by atoms with van der Waals surface area (Å²) in [5, 5.41) is 14.2. The van der Waals surface area contributed by atoms with Gasteiger partial charge in [-0.2, -0.15) is 0 Å². The number of furan rings is 1. The van der Waals surface area contributed by atoms with Crippen LogP contribution in [0.3, 0.4) is 0 Å². The second-order valence-corrected chi connectivity index (χ2v) is 4.45.